The Morgan fingerprint density at radius 2 is 2.07 bits per heavy atom. The monoisotopic (exact) mass is 390 g/mol. The molecule has 0 atom stereocenters. The van der Waals surface area contributed by atoms with E-state index in [4.69, 9.17) is 20.8 Å². The molecule has 0 fully saturated rings. The van der Waals surface area contributed by atoms with Crippen molar-refractivity contribution in [2.45, 2.75) is 20.3 Å². The van der Waals surface area contributed by atoms with E-state index in [1.807, 2.05) is 18.2 Å². The number of allylic oxidation sites excluding steroid dienone is 2. The summed E-state index contributed by atoms with van der Waals surface area (Å²) in [4.78, 5) is 14.5. The zero-order chi connectivity index (χ0) is 19.6. The molecule has 2 rings (SSSR count). The minimum Gasteiger partial charge on any atom is -0.491 e. The SMILES string of the molecule is CCN(CC)CCCNC(=O)/C(=C/C=C/c1cc2cc(Cl)ccc2o1)OC. The minimum atomic E-state index is -0.224. The predicted octanol–water partition coefficient (Wildman–Crippen LogP) is 4.48. The first-order valence-electron chi connectivity index (χ1n) is 9.19. The number of ether oxygens (including phenoxy) is 1. The van der Waals surface area contributed by atoms with Gasteiger partial charge in [0.2, 0.25) is 0 Å². The van der Waals surface area contributed by atoms with Crippen LogP contribution in [0.1, 0.15) is 26.0 Å². The van der Waals surface area contributed by atoms with Gasteiger partial charge in [0.25, 0.3) is 5.91 Å². The normalized spacial score (nSPS) is 12.3. The van der Waals surface area contributed by atoms with E-state index in [0.29, 0.717) is 17.3 Å². The van der Waals surface area contributed by atoms with Crippen LogP contribution in [0.25, 0.3) is 17.0 Å². The molecule has 1 amide bonds. The van der Waals surface area contributed by atoms with Crippen LogP contribution >= 0.6 is 11.6 Å². The summed E-state index contributed by atoms with van der Waals surface area (Å²) in [6.07, 6.45) is 6.04. The van der Waals surface area contributed by atoms with E-state index in [2.05, 4.69) is 24.1 Å². The lowest BCUT2D eigenvalue weighted by Crippen LogP contribution is -2.30. The number of benzene rings is 1. The van der Waals surface area contributed by atoms with Gasteiger partial charge < -0.3 is 19.4 Å². The lowest BCUT2D eigenvalue weighted by atomic mass is 10.2. The Bertz CT molecular complexity index is 807. The van der Waals surface area contributed by atoms with Gasteiger partial charge in [0.05, 0.1) is 7.11 Å². The third-order valence-corrected chi connectivity index (χ3v) is 4.52. The Kier molecular flexibility index (Phi) is 8.43. The Morgan fingerprint density at radius 3 is 2.78 bits per heavy atom. The second kappa shape index (κ2) is 10.8. The first-order valence-corrected chi connectivity index (χ1v) is 9.57. The maximum Gasteiger partial charge on any atom is 0.286 e. The fourth-order valence-electron chi connectivity index (χ4n) is 2.72. The molecular weight excluding hydrogens is 364 g/mol. The van der Waals surface area contributed by atoms with Gasteiger partial charge in [0, 0.05) is 17.0 Å². The molecule has 6 heteroatoms. The van der Waals surface area contributed by atoms with Gasteiger partial charge in [-0.25, -0.2) is 0 Å². The summed E-state index contributed by atoms with van der Waals surface area (Å²) >= 11 is 5.98. The molecule has 1 heterocycles. The topological polar surface area (TPSA) is 54.7 Å². The van der Waals surface area contributed by atoms with Crippen LogP contribution in [0.2, 0.25) is 5.02 Å². The molecule has 27 heavy (non-hydrogen) atoms. The van der Waals surface area contributed by atoms with Gasteiger partial charge in [0.15, 0.2) is 5.76 Å². The van der Waals surface area contributed by atoms with Crippen LogP contribution in [-0.4, -0.2) is 44.1 Å². The maximum atomic E-state index is 12.2. The Labute approximate surface area is 165 Å². The van der Waals surface area contributed by atoms with Gasteiger partial charge in [-0.05, 0) is 62.5 Å². The number of carbonyl (C=O) groups is 1. The lowest BCUT2D eigenvalue weighted by molar-refractivity contribution is -0.120. The van der Waals surface area contributed by atoms with Crippen LogP contribution in [0.4, 0.5) is 0 Å². The van der Waals surface area contributed by atoms with Crippen molar-refractivity contribution in [1.29, 1.82) is 0 Å². The summed E-state index contributed by atoms with van der Waals surface area (Å²) in [5.41, 5.74) is 0.765. The quantitative estimate of drug-likeness (QED) is 0.281. The van der Waals surface area contributed by atoms with Crippen molar-refractivity contribution in [3.8, 4) is 0 Å². The highest BCUT2D eigenvalue weighted by Crippen LogP contribution is 2.23. The van der Waals surface area contributed by atoms with Crippen LogP contribution in [0.5, 0.6) is 0 Å². The van der Waals surface area contributed by atoms with Crippen LogP contribution < -0.4 is 5.32 Å². The molecule has 1 N–H and O–H groups in total. The summed E-state index contributed by atoms with van der Waals surface area (Å²) in [5.74, 6) is 0.713. The molecule has 146 valence electrons. The molecule has 2 aromatic rings. The first-order chi connectivity index (χ1) is 13.1. The number of rotatable bonds is 10. The van der Waals surface area contributed by atoms with E-state index >= 15 is 0 Å². The van der Waals surface area contributed by atoms with Gasteiger partial charge in [-0.2, -0.15) is 0 Å². The molecule has 0 saturated carbocycles. The first kappa shape index (κ1) is 21.1. The lowest BCUT2D eigenvalue weighted by Gasteiger charge is -2.17. The van der Waals surface area contributed by atoms with Crippen molar-refractivity contribution in [3.05, 3.63) is 53.0 Å². The molecule has 1 aromatic carbocycles. The van der Waals surface area contributed by atoms with Crippen molar-refractivity contribution in [1.82, 2.24) is 10.2 Å². The highest BCUT2D eigenvalue weighted by atomic mass is 35.5. The Balaban J connectivity index is 1.89. The van der Waals surface area contributed by atoms with Gasteiger partial charge in [-0.3, -0.25) is 4.79 Å². The average molecular weight is 391 g/mol. The van der Waals surface area contributed by atoms with Crippen LogP contribution in [0.15, 0.2) is 46.6 Å². The van der Waals surface area contributed by atoms with Crippen molar-refractivity contribution >= 4 is 34.6 Å². The zero-order valence-corrected chi connectivity index (χ0v) is 16.9. The molecule has 1 aromatic heterocycles. The fraction of sp³-hybridized carbons (Fsp3) is 0.381. The Morgan fingerprint density at radius 1 is 1.30 bits per heavy atom. The second-order valence-corrected chi connectivity index (χ2v) is 6.50. The van der Waals surface area contributed by atoms with Crippen molar-refractivity contribution in [2.75, 3.05) is 33.3 Å². The largest absolute Gasteiger partial charge is 0.491 e. The predicted molar refractivity (Wildman–Crippen MR) is 111 cm³/mol. The molecule has 0 unspecified atom stereocenters. The van der Waals surface area contributed by atoms with Crippen molar-refractivity contribution in [3.63, 3.8) is 0 Å². The maximum absolute atomic E-state index is 12.2. The molecule has 0 saturated heterocycles. The van der Waals surface area contributed by atoms with E-state index in [-0.39, 0.29) is 11.7 Å². The second-order valence-electron chi connectivity index (χ2n) is 6.06. The minimum absolute atomic E-state index is 0.224. The van der Waals surface area contributed by atoms with Gasteiger partial charge >= 0.3 is 0 Å². The number of hydrogen-bond acceptors (Lipinski definition) is 4. The number of nitrogens with one attached hydrogen (secondary N) is 1. The number of halogens is 1. The van der Waals surface area contributed by atoms with Crippen molar-refractivity contribution < 1.29 is 13.9 Å². The van der Waals surface area contributed by atoms with Crippen LogP contribution in [0, 0.1) is 0 Å². The standard InChI is InChI=1S/C21H27ClN2O3/c1-4-24(5-2)13-7-12-23-21(25)20(26-3)9-6-8-18-15-16-14-17(22)10-11-19(16)27-18/h6,8-11,14-15H,4-5,7,12-13H2,1-3H3,(H,23,25)/b8-6+,20-9-. The number of hydrogen-bond donors (Lipinski definition) is 1. The molecule has 5 nitrogen and oxygen atoms in total. The van der Waals surface area contributed by atoms with Gasteiger partial charge in [0.1, 0.15) is 11.3 Å². The molecule has 0 aliphatic heterocycles. The van der Waals surface area contributed by atoms with Crippen molar-refractivity contribution in [2.24, 2.45) is 0 Å². The van der Waals surface area contributed by atoms with E-state index in [0.717, 1.165) is 37.0 Å². The molecule has 0 spiro atoms. The number of fused-ring (bicyclic) bond motifs is 1. The summed E-state index contributed by atoms with van der Waals surface area (Å²) in [6.45, 7) is 7.89. The summed E-state index contributed by atoms with van der Waals surface area (Å²) < 4.78 is 10.9. The fourth-order valence-corrected chi connectivity index (χ4v) is 2.90. The average Bonchev–Trinajstić information content (AvgIpc) is 3.07. The van der Waals surface area contributed by atoms with E-state index in [1.165, 1.54) is 7.11 Å². The summed E-state index contributed by atoms with van der Waals surface area (Å²) in [5, 5.41) is 4.48. The Hall–Kier alpha value is -2.24. The number of methoxy groups -OCH3 is 1. The molecule has 0 bridgehead atoms. The van der Waals surface area contributed by atoms with E-state index in [1.54, 1.807) is 24.3 Å². The summed E-state index contributed by atoms with van der Waals surface area (Å²) in [7, 11) is 1.48. The number of nitrogens with zero attached hydrogens (tertiary/aromatic N) is 1. The highest BCUT2D eigenvalue weighted by Gasteiger charge is 2.08. The molecule has 0 aliphatic carbocycles. The number of furan rings is 1. The molecule has 0 aliphatic rings. The molecule has 0 radical (unpaired) electrons. The van der Waals surface area contributed by atoms with Gasteiger partial charge in [-0.15, -0.1) is 0 Å². The molecular formula is C21H27ClN2O3. The smallest absolute Gasteiger partial charge is 0.286 e. The number of carbonyl (C=O) groups excluding carboxylic acids is 1. The van der Waals surface area contributed by atoms with Gasteiger partial charge in [-0.1, -0.05) is 31.5 Å². The van der Waals surface area contributed by atoms with Crippen LogP contribution in [-0.2, 0) is 9.53 Å². The third kappa shape index (κ3) is 6.45. The van der Waals surface area contributed by atoms with Crippen LogP contribution in [0.3, 0.4) is 0 Å². The van der Waals surface area contributed by atoms with E-state index in [9.17, 15) is 4.79 Å². The third-order valence-electron chi connectivity index (χ3n) is 4.28. The highest BCUT2D eigenvalue weighted by molar-refractivity contribution is 6.31. The van der Waals surface area contributed by atoms with E-state index < -0.39 is 0 Å². The zero-order valence-electron chi connectivity index (χ0n) is 16.1. The summed E-state index contributed by atoms with van der Waals surface area (Å²) in [6, 6.07) is 7.36. The number of amides is 1.